The van der Waals surface area contributed by atoms with Gasteiger partial charge in [0.1, 0.15) is 16.5 Å². The summed E-state index contributed by atoms with van der Waals surface area (Å²) in [6.07, 6.45) is 2.11. The number of pyridine rings is 1. The molecule has 20 heavy (non-hydrogen) atoms. The van der Waals surface area contributed by atoms with Gasteiger partial charge in [-0.25, -0.2) is 9.78 Å². The van der Waals surface area contributed by atoms with Crippen LogP contribution < -0.4 is 10.1 Å². The summed E-state index contributed by atoms with van der Waals surface area (Å²) in [5.74, 6) is 0.996. The topological polar surface area (TPSA) is 60.5 Å². The lowest BCUT2D eigenvalue weighted by Gasteiger charge is -2.19. The first-order valence-corrected chi connectivity index (χ1v) is 6.95. The van der Waals surface area contributed by atoms with Gasteiger partial charge >= 0.3 is 6.09 Å². The Morgan fingerprint density at radius 2 is 2.25 bits per heavy atom. The number of hydrogen-bond donors (Lipinski definition) is 1. The molecule has 0 radical (unpaired) electrons. The molecule has 2 atom stereocenters. The number of rotatable bonds is 4. The second-order valence-corrected chi connectivity index (χ2v) is 6.26. The standard InChI is InChI=1S/C14H19ClN2O3/c1-14(2,3)20-13(18)17-11-6-9(11)8-19-10-4-5-12(15)16-7-10/h4-5,7,9,11H,6,8H2,1-3H3,(H,17,18)/t9-,11+/m0/s1. The van der Waals surface area contributed by atoms with Crippen LogP contribution in [-0.4, -0.2) is 29.3 Å². The van der Waals surface area contributed by atoms with Gasteiger partial charge in [-0.05, 0) is 39.3 Å². The Hall–Kier alpha value is -1.49. The van der Waals surface area contributed by atoms with Crippen LogP contribution in [0.5, 0.6) is 5.75 Å². The number of carbonyl (C=O) groups excluding carboxylic acids is 1. The predicted molar refractivity (Wildman–Crippen MR) is 76.0 cm³/mol. The molecule has 0 aliphatic heterocycles. The Balaban J connectivity index is 1.68. The molecule has 0 bridgehead atoms. The average molecular weight is 299 g/mol. The molecule has 2 rings (SSSR count). The third-order valence-electron chi connectivity index (χ3n) is 2.79. The van der Waals surface area contributed by atoms with Crippen LogP contribution >= 0.6 is 11.6 Å². The van der Waals surface area contributed by atoms with Gasteiger partial charge in [0, 0.05) is 12.0 Å². The molecule has 1 N–H and O–H groups in total. The molecular weight excluding hydrogens is 280 g/mol. The Morgan fingerprint density at radius 1 is 1.50 bits per heavy atom. The SMILES string of the molecule is CC(C)(C)OC(=O)N[C@@H]1C[C@H]1COc1ccc(Cl)nc1. The van der Waals surface area contributed by atoms with E-state index >= 15 is 0 Å². The number of aromatic nitrogens is 1. The molecule has 0 saturated heterocycles. The zero-order valence-corrected chi connectivity index (χ0v) is 12.6. The van der Waals surface area contributed by atoms with E-state index in [0.717, 1.165) is 6.42 Å². The molecule has 6 heteroatoms. The molecule has 1 aromatic rings. The Bertz CT molecular complexity index is 470. The van der Waals surface area contributed by atoms with Crippen molar-refractivity contribution in [3.05, 3.63) is 23.5 Å². The van der Waals surface area contributed by atoms with Crippen molar-refractivity contribution in [2.75, 3.05) is 6.61 Å². The summed E-state index contributed by atoms with van der Waals surface area (Å²) in [6.45, 7) is 6.07. The van der Waals surface area contributed by atoms with Crippen LogP contribution in [0.1, 0.15) is 27.2 Å². The number of hydrogen-bond acceptors (Lipinski definition) is 4. The highest BCUT2D eigenvalue weighted by Crippen LogP contribution is 2.31. The summed E-state index contributed by atoms with van der Waals surface area (Å²) in [7, 11) is 0. The van der Waals surface area contributed by atoms with Gasteiger partial charge in [-0.2, -0.15) is 0 Å². The molecule has 1 aliphatic rings. The van der Waals surface area contributed by atoms with E-state index in [1.807, 2.05) is 20.8 Å². The van der Waals surface area contributed by atoms with Crippen molar-refractivity contribution in [3.63, 3.8) is 0 Å². The van der Waals surface area contributed by atoms with Crippen LogP contribution in [0, 0.1) is 5.92 Å². The lowest BCUT2D eigenvalue weighted by molar-refractivity contribution is 0.0519. The number of nitrogens with zero attached hydrogens (tertiary/aromatic N) is 1. The molecule has 1 aliphatic carbocycles. The molecule has 110 valence electrons. The minimum atomic E-state index is -0.472. The van der Waals surface area contributed by atoms with Gasteiger partial charge in [-0.15, -0.1) is 0 Å². The van der Waals surface area contributed by atoms with Crippen molar-refractivity contribution in [2.45, 2.75) is 38.8 Å². The van der Waals surface area contributed by atoms with Crippen molar-refractivity contribution in [1.29, 1.82) is 0 Å². The maximum Gasteiger partial charge on any atom is 0.407 e. The van der Waals surface area contributed by atoms with Crippen molar-refractivity contribution >= 4 is 17.7 Å². The summed E-state index contributed by atoms with van der Waals surface area (Å²) < 4.78 is 10.8. The Kier molecular flexibility index (Phi) is 4.38. The second kappa shape index (κ2) is 5.87. The number of ether oxygens (including phenoxy) is 2. The van der Waals surface area contributed by atoms with Crippen molar-refractivity contribution in [2.24, 2.45) is 5.92 Å². The van der Waals surface area contributed by atoms with E-state index in [1.54, 1.807) is 18.3 Å². The normalized spacial score (nSPS) is 21.2. The van der Waals surface area contributed by atoms with Gasteiger partial charge in [0.2, 0.25) is 0 Å². The smallest absolute Gasteiger partial charge is 0.407 e. The summed E-state index contributed by atoms with van der Waals surface area (Å²) in [5.41, 5.74) is -0.472. The van der Waals surface area contributed by atoms with Gasteiger partial charge in [0.25, 0.3) is 0 Å². The molecule has 1 fully saturated rings. The van der Waals surface area contributed by atoms with Gasteiger partial charge in [0.15, 0.2) is 0 Å². The number of alkyl carbamates (subject to hydrolysis) is 1. The highest BCUT2D eigenvalue weighted by molar-refractivity contribution is 6.29. The maximum absolute atomic E-state index is 11.6. The summed E-state index contributed by atoms with van der Waals surface area (Å²) in [6, 6.07) is 3.58. The molecule has 5 nitrogen and oxygen atoms in total. The molecule has 0 aromatic carbocycles. The quantitative estimate of drug-likeness (QED) is 0.868. The van der Waals surface area contributed by atoms with E-state index in [-0.39, 0.29) is 12.1 Å². The molecule has 0 unspecified atom stereocenters. The van der Waals surface area contributed by atoms with Gasteiger partial charge in [-0.1, -0.05) is 11.6 Å². The summed E-state index contributed by atoms with van der Waals surface area (Å²) in [4.78, 5) is 15.5. The number of amides is 1. The van der Waals surface area contributed by atoms with Gasteiger partial charge in [0.05, 0.1) is 12.8 Å². The first kappa shape index (κ1) is 14.9. The first-order valence-electron chi connectivity index (χ1n) is 6.57. The van der Waals surface area contributed by atoms with Crippen LogP contribution in [0.15, 0.2) is 18.3 Å². The van der Waals surface area contributed by atoms with E-state index in [9.17, 15) is 4.79 Å². The van der Waals surface area contributed by atoms with E-state index in [1.165, 1.54) is 0 Å². The largest absolute Gasteiger partial charge is 0.492 e. The lowest BCUT2D eigenvalue weighted by Crippen LogP contribution is -2.34. The van der Waals surface area contributed by atoms with Gasteiger partial charge in [-0.3, -0.25) is 0 Å². The van der Waals surface area contributed by atoms with Crippen LogP contribution in [0.2, 0.25) is 5.15 Å². The fourth-order valence-corrected chi connectivity index (χ4v) is 1.83. The van der Waals surface area contributed by atoms with Crippen LogP contribution in [-0.2, 0) is 4.74 Å². The zero-order valence-electron chi connectivity index (χ0n) is 11.9. The van der Waals surface area contributed by atoms with E-state index in [2.05, 4.69) is 10.3 Å². The van der Waals surface area contributed by atoms with Crippen LogP contribution in [0.3, 0.4) is 0 Å². The van der Waals surface area contributed by atoms with Crippen LogP contribution in [0.25, 0.3) is 0 Å². The van der Waals surface area contributed by atoms with Crippen molar-refractivity contribution in [3.8, 4) is 5.75 Å². The highest BCUT2D eigenvalue weighted by atomic mass is 35.5. The monoisotopic (exact) mass is 298 g/mol. The number of nitrogens with one attached hydrogen (secondary N) is 1. The molecule has 1 heterocycles. The zero-order chi connectivity index (χ0) is 14.8. The fraction of sp³-hybridized carbons (Fsp3) is 0.571. The van der Waals surface area contributed by atoms with Gasteiger partial charge < -0.3 is 14.8 Å². The Morgan fingerprint density at radius 3 is 2.85 bits per heavy atom. The highest BCUT2D eigenvalue weighted by Gasteiger charge is 2.39. The molecule has 1 aromatic heterocycles. The van der Waals surface area contributed by atoms with E-state index in [0.29, 0.717) is 23.4 Å². The summed E-state index contributed by atoms with van der Waals surface area (Å²) in [5, 5.41) is 3.27. The summed E-state index contributed by atoms with van der Waals surface area (Å²) >= 11 is 5.69. The second-order valence-electron chi connectivity index (χ2n) is 5.88. The van der Waals surface area contributed by atoms with Crippen molar-refractivity contribution < 1.29 is 14.3 Å². The van der Waals surface area contributed by atoms with E-state index < -0.39 is 5.60 Å². The third-order valence-corrected chi connectivity index (χ3v) is 3.01. The minimum absolute atomic E-state index is 0.130. The fourth-order valence-electron chi connectivity index (χ4n) is 1.72. The number of halogens is 1. The predicted octanol–water partition coefficient (Wildman–Crippen LogP) is 3.03. The molecule has 1 amide bonds. The molecule has 0 spiro atoms. The van der Waals surface area contributed by atoms with Crippen LogP contribution in [0.4, 0.5) is 4.79 Å². The Labute approximate surface area is 123 Å². The lowest BCUT2D eigenvalue weighted by atomic mass is 10.2. The first-order chi connectivity index (χ1) is 9.33. The average Bonchev–Trinajstić information content (AvgIpc) is 3.04. The third kappa shape index (κ3) is 4.89. The number of carbonyl (C=O) groups is 1. The van der Waals surface area contributed by atoms with E-state index in [4.69, 9.17) is 21.1 Å². The molecule has 1 saturated carbocycles. The van der Waals surface area contributed by atoms with Crippen molar-refractivity contribution in [1.82, 2.24) is 10.3 Å². The minimum Gasteiger partial charge on any atom is -0.492 e. The molecular formula is C14H19ClN2O3. The maximum atomic E-state index is 11.6.